The first kappa shape index (κ1) is 10.3. The normalized spacial score (nSPS) is 10.1. The molecule has 0 saturated heterocycles. The molecule has 2 aromatic rings. The summed E-state index contributed by atoms with van der Waals surface area (Å²) >= 11 is 0. The van der Waals surface area contributed by atoms with Gasteiger partial charge in [-0.3, -0.25) is 14.8 Å². The molecule has 0 aliphatic heterocycles. The summed E-state index contributed by atoms with van der Waals surface area (Å²) in [4.78, 5) is 19.1. The summed E-state index contributed by atoms with van der Waals surface area (Å²) in [5.74, 6) is -0.526. The highest BCUT2D eigenvalue weighted by atomic mass is 16.1. The zero-order valence-corrected chi connectivity index (χ0v) is 8.84. The molecular formula is C12H11N3O. The maximum atomic E-state index is 11.0. The molecule has 0 saturated carbocycles. The summed E-state index contributed by atoms with van der Waals surface area (Å²) in [5, 5.41) is 0. The van der Waals surface area contributed by atoms with Crippen LogP contribution in [0, 0.1) is 6.92 Å². The van der Waals surface area contributed by atoms with Crippen LogP contribution in [0.4, 0.5) is 0 Å². The van der Waals surface area contributed by atoms with Crippen LogP contribution in [-0.4, -0.2) is 15.9 Å². The van der Waals surface area contributed by atoms with Crippen LogP contribution < -0.4 is 5.73 Å². The predicted octanol–water partition coefficient (Wildman–Crippen LogP) is 1.55. The van der Waals surface area contributed by atoms with Gasteiger partial charge in [-0.2, -0.15) is 0 Å². The number of pyridine rings is 2. The molecule has 4 nitrogen and oxygen atoms in total. The number of rotatable bonds is 2. The molecule has 2 rings (SSSR count). The minimum Gasteiger partial charge on any atom is -0.364 e. The van der Waals surface area contributed by atoms with Crippen molar-refractivity contribution in [1.29, 1.82) is 0 Å². The Labute approximate surface area is 93.2 Å². The smallest absolute Gasteiger partial charge is 0.267 e. The second kappa shape index (κ2) is 4.10. The van der Waals surface area contributed by atoms with E-state index in [0.717, 1.165) is 16.8 Å². The number of carbonyl (C=O) groups excluding carboxylic acids is 1. The molecule has 0 spiro atoms. The van der Waals surface area contributed by atoms with Gasteiger partial charge in [-0.05, 0) is 30.7 Å². The van der Waals surface area contributed by atoms with Crippen LogP contribution in [0.3, 0.4) is 0 Å². The molecule has 0 unspecified atom stereocenters. The maximum Gasteiger partial charge on any atom is 0.267 e. The fourth-order valence-electron chi connectivity index (χ4n) is 1.38. The van der Waals surface area contributed by atoms with Gasteiger partial charge in [0.2, 0.25) is 0 Å². The second-order valence-corrected chi connectivity index (χ2v) is 3.48. The van der Waals surface area contributed by atoms with E-state index < -0.39 is 5.91 Å². The number of hydrogen-bond donors (Lipinski definition) is 1. The minimum absolute atomic E-state index is 0.262. The molecule has 0 fully saturated rings. The van der Waals surface area contributed by atoms with E-state index in [1.807, 2.05) is 25.1 Å². The second-order valence-electron chi connectivity index (χ2n) is 3.48. The number of aryl methyl sites for hydroxylation is 1. The Kier molecular flexibility index (Phi) is 2.64. The first-order valence-electron chi connectivity index (χ1n) is 4.86. The molecule has 0 radical (unpaired) electrons. The van der Waals surface area contributed by atoms with E-state index in [4.69, 9.17) is 5.73 Å². The van der Waals surface area contributed by atoms with Crippen LogP contribution in [0.2, 0.25) is 0 Å². The fourth-order valence-corrected chi connectivity index (χ4v) is 1.38. The van der Waals surface area contributed by atoms with Crippen LogP contribution in [0.1, 0.15) is 16.2 Å². The first-order chi connectivity index (χ1) is 7.66. The predicted molar refractivity (Wildman–Crippen MR) is 60.7 cm³/mol. The van der Waals surface area contributed by atoms with Gasteiger partial charge in [-0.15, -0.1) is 0 Å². The third-order valence-electron chi connectivity index (χ3n) is 2.26. The highest BCUT2D eigenvalue weighted by Crippen LogP contribution is 2.18. The highest BCUT2D eigenvalue weighted by molar-refractivity contribution is 5.91. The van der Waals surface area contributed by atoms with Crippen molar-refractivity contribution in [2.45, 2.75) is 6.92 Å². The van der Waals surface area contributed by atoms with Crippen molar-refractivity contribution >= 4 is 5.91 Å². The number of nitrogens with two attached hydrogens (primary N) is 1. The van der Waals surface area contributed by atoms with Crippen molar-refractivity contribution in [1.82, 2.24) is 9.97 Å². The molecular weight excluding hydrogens is 202 g/mol. The zero-order chi connectivity index (χ0) is 11.5. The fraction of sp³-hybridized carbons (Fsp3) is 0.0833. The van der Waals surface area contributed by atoms with E-state index in [-0.39, 0.29) is 5.69 Å². The first-order valence-corrected chi connectivity index (χ1v) is 4.86. The van der Waals surface area contributed by atoms with Gasteiger partial charge < -0.3 is 5.73 Å². The van der Waals surface area contributed by atoms with Gasteiger partial charge in [0, 0.05) is 23.7 Å². The average molecular weight is 213 g/mol. The quantitative estimate of drug-likeness (QED) is 0.822. The number of carbonyl (C=O) groups is 1. The Hall–Kier alpha value is -2.23. The van der Waals surface area contributed by atoms with Crippen molar-refractivity contribution in [2.75, 3.05) is 0 Å². The summed E-state index contributed by atoms with van der Waals surface area (Å²) in [7, 11) is 0. The SMILES string of the molecule is Cc1ccc(-c2ccnc(C(N)=O)c2)cn1. The lowest BCUT2D eigenvalue weighted by Crippen LogP contribution is -2.12. The Balaban J connectivity index is 2.44. The van der Waals surface area contributed by atoms with Crippen LogP contribution in [0.25, 0.3) is 11.1 Å². The molecule has 2 aromatic heterocycles. The van der Waals surface area contributed by atoms with Crippen LogP contribution in [0.15, 0.2) is 36.7 Å². The molecule has 0 atom stereocenters. The third kappa shape index (κ3) is 2.06. The van der Waals surface area contributed by atoms with Crippen molar-refractivity contribution in [3.05, 3.63) is 48.0 Å². The topological polar surface area (TPSA) is 68.9 Å². The lowest BCUT2D eigenvalue weighted by molar-refractivity contribution is 0.0995. The van der Waals surface area contributed by atoms with E-state index in [1.54, 1.807) is 18.5 Å². The van der Waals surface area contributed by atoms with Gasteiger partial charge in [-0.1, -0.05) is 6.07 Å². The summed E-state index contributed by atoms with van der Waals surface area (Å²) < 4.78 is 0. The summed E-state index contributed by atoms with van der Waals surface area (Å²) in [6, 6.07) is 7.34. The summed E-state index contributed by atoms with van der Waals surface area (Å²) in [6.45, 7) is 1.92. The van der Waals surface area contributed by atoms with Crippen molar-refractivity contribution < 1.29 is 4.79 Å². The lowest BCUT2D eigenvalue weighted by Gasteiger charge is -2.02. The van der Waals surface area contributed by atoms with E-state index in [0.29, 0.717) is 0 Å². The molecule has 0 bridgehead atoms. The van der Waals surface area contributed by atoms with E-state index >= 15 is 0 Å². The minimum atomic E-state index is -0.526. The Morgan fingerprint density at radius 3 is 2.62 bits per heavy atom. The number of primary amides is 1. The average Bonchev–Trinajstić information content (AvgIpc) is 2.30. The Bertz CT molecular complexity index is 520. The van der Waals surface area contributed by atoms with Gasteiger partial charge in [0.1, 0.15) is 5.69 Å². The van der Waals surface area contributed by atoms with E-state index in [2.05, 4.69) is 9.97 Å². The summed E-state index contributed by atoms with van der Waals surface area (Å²) in [6.07, 6.45) is 3.32. The third-order valence-corrected chi connectivity index (χ3v) is 2.26. The van der Waals surface area contributed by atoms with Crippen LogP contribution in [0.5, 0.6) is 0 Å². The van der Waals surface area contributed by atoms with Crippen molar-refractivity contribution in [3.8, 4) is 11.1 Å². The van der Waals surface area contributed by atoms with E-state index in [9.17, 15) is 4.79 Å². The van der Waals surface area contributed by atoms with E-state index in [1.165, 1.54) is 0 Å². The molecule has 1 amide bonds. The van der Waals surface area contributed by atoms with Gasteiger partial charge in [-0.25, -0.2) is 0 Å². The van der Waals surface area contributed by atoms with Crippen molar-refractivity contribution in [3.63, 3.8) is 0 Å². The molecule has 2 heterocycles. The number of hydrogen-bond acceptors (Lipinski definition) is 3. The standard InChI is InChI=1S/C12H11N3O/c1-8-2-3-10(7-15-8)9-4-5-14-11(6-9)12(13)16/h2-7H,1H3,(H2,13,16). The molecule has 0 aliphatic carbocycles. The highest BCUT2D eigenvalue weighted by Gasteiger charge is 2.04. The van der Waals surface area contributed by atoms with Crippen molar-refractivity contribution in [2.24, 2.45) is 5.73 Å². The van der Waals surface area contributed by atoms with Gasteiger partial charge >= 0.3 is 0 Å². The molecule has 4 heteroatoms. The summed E-state index contributed by atoms with van der Waals surface area (Å²) in [5.41, 5.74) is 8.21. The van der Waals surface area contributed by atoms with Crippen LogP contribution in [-0.2, 0) is 0 Å². The maximum absolute atomic E-state index is 11.0. The van der Waals surface area contributed by atoms with Gasteiger partial charge in [0.05, 0.1) is 0 Å². The molecule has 0 aromatic carbocycles. The molecule has 0 aliphatic rings. The number of nitrogens with zero attached hydrogens (tertiary/aromatic N) is 2. The zero-order valence-electron chi connectivity index (χ0n) is 8.84. The van der Waals surface area contributed by atoms with Crippen LogP contribution >= 0.6 is 0 Å². The monoisotopic (exact) mass is 213 g/mol. The Morgan fingerprint density at radius 1 is 1.19 bits per heavy atom. The molecule has 80 valence electrons. The van der Waals surface area contributed by atoms with Gasteiger partial charge in [0.15, 0.2) is 0 Å². The lowest BCUT2D eigenvalue weighted by atomic mass is 10.1. The molecule has 2 N–H and O–H groups in total. The van der Waals surface area contributed by atoms with Gasteiger partial charge in [0.25, 0.3) is 5.91 Å². The number of amides is 1. The Morgan fingerprint density at radius 2 is 2.00 bits per heavy atom. The number of aromatic nitrogens is 2. The molecule has 16 heavy (non-hydrogen) atoms. The largest absolute Gasteiger partial charge is 0.364 e.